The molecule has 0 amide bonds. The van der Waals surface area contributed by atoms with Crippen LogP contribution in [-0.2, 0) is 9.47 Å². The molecule has 1 N–H and O–H groups in total. The number of rotatable bonds is 4. The number of carbonyl (C=O) groups is 1. The highest BCUT2D eigenvalue weighted by Crippen LogP contribution is 2.19. The van der Waals surface area contributed by atoms with E-state index in [0.29, 0.717) is 17.7 Å². The van der Waals surface area contributed by atoms with Crippen LogP contribution in [-0.4, -0.2) is 24.8 Å². The average molecular weight is 210 g/mol. The third-order valence-electron chi connectivity index (χ3n) is 1.96. The normalized spacial score (nSPS) is 12.2. The fraction of sp³-hybridized carbons (Fsp3) is 0.364. The molecule has 0 aliphatic heterocycles. The lowest BCUT2D eigenvalue weighted by Crippen LogP contribution is -2.11. The van der Waals surface area contributed by atoms with Gasteiger partial charge in [0.15, 0.2) is 6.29 Å². The second-order valence-corrected chi connectivity index (χ2v) is 2.89. The molecular weight excluding hydrogens is 196 g/mol. The van der Waals surface area contributed by atoms with E-state index < -0.39 is 12.3 Å². The van der Waals surface area contributed by atoms with Crippen LogP contribution in [0, 0.1) is 0 Å². The summed E-state index contributed by atoms with van der Waals surface area (Å²) in [6, 6.07) is 6.65. The first kappa shape index (κ1) is 11.7. The third kappa shape index (κ3) is 2.78. The molecule has 82 valence electrons. The number of aliphatic hydroxyl groups is 1. The van der Waals surface area contributed by atoms with Crippen molar-refractivity contribution in [2.45, 2.75) is 13.2 Å². The molecule has 15 heavy (non-hydrogen) atoms. The average Bonchev–Trinajstić information content (AvgIpc) is 2.28. The van der Waals surface area contributed by atoms with Crippen molar-refractivity contribution in [1.29, 1.82) is 0 Å². The summed E-state index contributed by atoms with van der Waals surface area (Å²) in [5.41, 5.74) is 0.743. The first-order valence-corrected chi connectivity index (χ1v) is 4.67. The summed E-state index contributed by atoms with van der Waals surface area (Å²) in [5.74, 6) is -0.482. The van der Waals surface area contributed by atoms with Gasteiger partial charge in [0.05, 0.1) is 12.7 Å². The molecule has 0 spiro atoms. The molecule has 1 unspecified atom stereocenters. The Morgan fingerprint density at radius 3 is 2.73 bits per heavy atom. The van der Waals surface area contributed by atoms with Crippen LogP contribution in [0.15, 0.2) is 24.3 Å². The minimum Gasteiger partial charge on any atom is -0.465 e. The maximum atomic E-state index is 11.4. The molecule has 1 aromatic carbocycles. The van der Waals surface area contributed by atoms with E-state index >= 15 is 0 Å². The second-order valence-electron chi connectivity index (χ2n) is 2.89. The second kappa shape index (κ2) is 5.48. The summed E-state index contributed by atoms with van der Waals surface area (Å²) in [7, 11) is 1.30. The number of hydrogen-bond acceptors (Lipinski definition) is 4. The zero-order valence-corrected chi connectivity index (χ0v) is 8.77. The number of aliphatic hydroxyl groups excluding tert-OH is 1. The number of benzene rings is 1. The molecule has 0 heterocycles. The first-order valence-electron chi connectivity index (χ1n) is 4.67. The van der Waals surface area contributed by atoms with E-state index in [1.54, 1.807) is 31.2 Å². The van der Waals surface area contributed by atoms with Crippen molar-refractivity contribution < 1.29 is 19.4 Å². The smallest absolute Gasteiger partial charge is 0.338 e. The van der Waals surface area contributed by atoms with E-state index in [-0.39, 0.29) is 0 Å². The maximum Gasteiger partial charge on any atom is 0.338 e. The van der Waals surface area contributed by atoms with Gasteiger partial charge in [-0.2, -0.15) is 0 Å². The highest BCUT2D eigenvalue weighted by atomic mass is 16.6. The first-order chi connectivity index (χ1) is 7.20. The Hall–Kier alpha value is -1.39. The standard InChI is InChI=1S/C11H14O4/c1-3-15-11(13)9-7-5-4-6-8(9)10(12)14-2/h4-7,11,13H,3H2,1-2H3. The molecule has 0 aliphatic rings. The van der Waals surface area contributed by atoms with Crippen LogP contribution in [0.3, 0.4) is 0 Å². The zero-order valence-electron chi connectivity index (χ0n) is 8.77. The summed E-state index contributed by atoms with van der Waals surface area (Å²) in [5, 5.41) is 9.62. The zero-order chi connectivity index (χ0) is 11.3. The van der Waals surface area contributed by atoms with Crippen molar-refractivity contribution in [1.82, 2.24) is 0 Å². The van der Waals surface area contributed by atoms with Gasteiger partial charge in [-0.3, -0.25) is 0 Å². The number of carbonyl (C=O) groups excluding carboxylic acids is 1. The van der Waals surface area contributed by atoms with Crippen LogP contribution < -0.4 is 0 Å². The van der Waals surface area contributed by atoms with E-state index in [1.807, 2.05) is 0 Å². The lowest BCUT2D eigenvalue weighted by molar-refractivity contribution is -0.0984. The number of methoxy groups -OCH3 is 1. The van der Waals surface area contributed by atoms with Crippen LogP contribution in [0.1, 0.15) is 29.1 Å². The topological polar surface area (TPSA) is 55.8 Å². The van der Waals surface area contributed by atoms with Crippen molar-refractivity contribution in [2.24, 2.45) is 0 Å². The minimum absolute atomic E-state index is 0.320. The molecule has 1 aromatic rings. The Balaban J connectivity index is 3.00. The van der Waals surface area contributed by atoms with Crippen LogP contribution in [0.5, 0.6) is 0 Å². The van der Waals surface area contributed by atoms with Gasteiger partial charge >= 0.3 is 5.97 Å². The van der Waals surface area contributed by atoms with Crippen LogP contribution in [0.2, 0.25) is 0 Å². The van der Waals surface area contributed by atoms with E-state index in [4.69, 9.17) is 4.74 Å². The molecule has 1 rings (SSSR count). The monoisotopic (exact) mass is 210 g/mol. The Morgan fingerprint density at radius 1 is 1.47 bits per heavy atom. The van der Waals surface area contributed by atoms with Crippen molar-refractivity contribution in [3.8, 4) is 0 Å². The van der Waals surface area contributed by atoms with E-state index in [9.17, 15) is 9.90 Å². The van der Waals surface area contributed by atoms with Gasteiger partial charge in [-0.15, -0.1) is 0 Å². The van der Waals surface area contributed by atoms with Crippen LogP contribution in [0.4, 0.5) is 0 Å². The lowest BCUT2D eigenvalue weighted by Gasteiger charge is -2.13. The minimum atomic E-state index is -1.09. The molecule has 0 aromatic heterocycles. The lowest BCUT2D eigenvalue weighted by atomic mass is 10.1. The van der Waals surface area contributed by atoms with Gasteiger partial charge in [0, 0.05) is 12.2 Å². The van der Waals surface area contributed by atoms with Crippen LogP contribution in [0.25, 0.3) is 0 Å². The fourth-order valence-electron chi connectivity index (χ4n) is 1.26. The highest BCUT2D eigenvalue weighted by Gasteiger charge is 2.17. The maximum absolute atomic E-state index is 11.4. The van der Waals surface area contributed by atoms with Gasteiger partial charge < -0.3 is 14.6 Å². The Bertz CT molecular complexity index is 335. The molecule has 1 atom stereocenters. The van der Waals surface area contributed by atoms with E-state index in [1.165, 1.54) is 7.11 Å². The van der Waals surface area contributed by atoms with Gasteiger partial charge in [-0.05, 0) is 13.0 Å². The van der Waals surface area contributed by atoms with Crippen molar-refractivity contribution in [3.63, 3.8) is 0 Å². The fourth-order valence-corrected chi connectivity index (χ4v) is 1.26. The summed E-state index contributed by atoms with van der Waals surface area (Å²) in [6.07, 6.45) is -1.09. The van der Waals surface area contributed by atoms with Crippen molar-refractivity contribution in [2.75, 3.05) is 13.7 Å². The van der Waals surface area contributed by atoms with E-state index in [0.717, 1.165) is 0 Å². The predicted octanol–water partition coefficient (Wildman–Crippen LogP) is 1.50. The largest absolute Gasteiger partial charge is 0.465 e. The molecule has 0 aliphatic carbocycles. The summed E-state index contributed by atoms with van der Waals surface area (Å²) in [6.45, 7) is 2.14. The molecular formula is C11H14O4. The number of esters is 1. The number of hydrogen-bond donors (Lipinski definition) is 1. The van der Waals surface area contributed by atoms with Gasteiger partial charge in [0.1, 0.15) is 0 Å². The van der Waals surface area contributed by atoms with Gasteiger partial charge in [0.2, 0.25) is 0 Å². The van der Waals surface area contributed by atoms with Gasteiger partial charge in [0.25, 0.3) is 0 Å². The predicted molar refractivity (Wildman–Crippen MR) is 54.4 cm³/mol. The van der Waals surface area contributed by atoms with Gasteiger partial charge in [-0.25, -0.2) is 4.79 Å². The Morgan fingerprint density at radius 2 is 2.13 bits per heavy atom. The van der Waals surface area contributed by atoms with Gasteiger partial charge in [-0.1, -0.05) is 18.2 Å². The van der Waals surface area contributed by atoms with Crippen molar-refractivity contribution >= 4 is 5.97 Å². The van der Waals surface area contributed by atoms with Crippen molar-refractivity contribution in [3.05, 3.63) is 35.4 Å². The summed E-state index contributed by atoms with van der Waals surface area (Å²) in [4.78, 5) is 11.4. The molecule has 0 saturated heterocycles. The summed E-state index contributed by atoms with van der Waals surface area (Å²) < 4.78 is 9.61. The third-order valence-corrected chi connectivity index (χ3v) is 1.96. The quantitative estimate of drug-likeness (QED) is 0.604. The highest BCUT2D eigenvalue weighted by molar-refractivity contribution is 5.91. The van der Waals surface area contributed by atoms with E-state index in [2.05, 4.69) is 4.74 Å². The Labute approximate surface area is 88.4 Å². The number of ether oxygens (including phenoxy) is 2. The molecule has 0 saturated carbocycles. The molecule has 4 heteroatoms. The summed E-state index contributed by atoms with van der Waals surface area (Å²) >= 11 is 0. The Kier molecular flexibility index (Phi) is 4.27. The molecule has 0 bridgehead atoms. The van der Waals surface area contributed by atoms with Crippen LogP contribution >= 0.6 is 0 Å². The molecule has 0 fully saturated rings. The molecule has 0 radical (unpaired) electrons. The SMILES string of the molecule is CCOC(O)c1ccccc1C(=O)OC. The molecule has 4 nitrogen and oxygen atoms in total.